The first-order chi connectivity index (χ1) is 14.4. The van der Waals surface area contributed by atoms with E-state index in [0.717, 1.165) is 12.8 Å². The molecule has 0 atom stereocenters. The van der Waals surface area contributed by atoms with Gasteiger partial charge in [0.05, 0.1) is 0 Å². The molecule has 1 aromatic heterocycles. The lowest BCUT2D eigenvalue weighted by Gasteiger charge is -2.19. The van der Waals surface area contributed by atoms with Gasteiger partial charge in [-0.15, -0.1) is 5.10 Å². The topological polar surface area (TPSA) is 122 Å². The third kappa shape index (κ3) is 3.62. The number of nitrogens with one attached hydrogen (secondary N) is 2. The van der Waals surface area contributed by atoms with Gasteiger partial charge in [0.25, 0.3) is 5.91 Å². The summed E-state index contributed by atoms with van der Waals surface area (Å²) in [5, 5.41) is 16.5. The normalized spacial score (nSPS) is 17.6. The number of anilines is 1. The van der Waals surface area contributed by atoms with E-state index in [1.54, 1.807) is 6.92 Å². The Bertz CT molecular complexity index is 1000. The molecule has 2 aromatic rings. The molecule has 0 unspecified atom stereocenters. The molecular weight excluding hydrogens is 393 g/mol. The lowest BCUT2D eigenvalue weighted by molar-refractivity contribution is -0.131. The minimum atomic E-state index is -0.738. The van der Waals surface area contributed by atoms with Crippen molar-refractivity contribution >= 4 is 23.5 Å². The predicted octanol–water partition coefficient (Wildman–Crippen LogP) is 1.69. The monoisotopic (exact) mass is 415 g/mol. The molecule has 1 aliphatic carbocycles. The van der Waals surface area contributed by atoms with E-state index >= 15 is 0 Å². The van der Waals surface area contributed by atoms with Crippen LogP contribution in [0.2, 0.25) is 0 Å². The van der Waals surface area contributed by atoms with Gasteiger partial charge in [-0.05, 0) is 54.8 Å². The fourth-order valence-corrected chi connectivity index (χ4v) is 4.02. The van der Waals surface area contributed by atoms with Crippen LogP contribution >= 0.6 is 0 Å². The maximum atomic E-state index is 14.1. The summed E-state index contributed by atoms with van der Waals surface area (Å²) in [5.74, 6) is -0.609. The van der Waals surface area contributed by atoms with Crippen molar-refractivity contribution in [2.45, 2.75) is 51.0 Å². The number of hydrogen-bond acceptors (Lipinski definition) is 6. The molecule has 1 saturated carbocycles. The molecule has 2 N–H and O–H groups in total. The largest absolute Gasteiger partial charge is 0.326 e. The van der Waals surface area contributed by atoms with Crippen molar-refractivity contribution in [1.82, 2.24) is 30.4 Å². The second-order valence-electron chi connectivity index (χ2n) is 7.63. The number of aromatic nitrogens is 4. The van der Waals surface area contributed by atoms with Gasteiger partial charge in [-0.2, -0.15) is 4.68 Å². The fraction of sp³-hybridized carbons (Fsp3) is 0.474. The first-order valence-electron chi connectivity index (χ1n) is 9.88. The molecule has 1 saturated heterocycles. The van der Waals surface area contributed by atoms with Crippen molar-refractivity contribution in [2.24, 2.45) is 0 Å². The first kappa shape index (κ1) is 19.9. The maximum Gasteiger partial charge on any atom is 0.325 e. The molecule has 10 nitrogen and oxygen atoms in total. The quantitative estimate of drug-likeness (QED) is 0.693. The Kier molecular flexibility index (Phi) is 5.18. The highest BCUT2D eigenvalue weighted by atomic mass is 19.1. The van der Waals surface area contributed by atoms with Crippen LogP contribution in [-0.2, 0) is 9.59 Å². The average Bonchev–Trinajstić information content (AvgIpc) is 3.40. The van der Waals surface area contributed by atoms with Crippen molar-refractivity contribution in [3.63, 3.8) is 0 Å². The Balaban J connectivity index is 1.33. The lowest BCUT2D eigenvalue weighted by atomic mass is 9.98. The van der Waals surface area contributed by atoms with Crippen LogP contribution in [0.15, 0.2) is 18.2 Å². The predicted molar refractivity (Wildman–Crippen MR) is 103 cm³/mol. The third-order valence-corrected chi connectivity index (χ3v) is 5.57. The third-order valence-electron chi connectivity index (χ3n) is 5.57. The molecule has 2 fully saturated rings. The van der Waals surface area contributed by atoms with Crippen LogP contribution in [0.3, 0.4) is 0 Å². The summed E-state index contributed by atoms with van der Waals surface area (Å²) < 4.78 is 15.4. The Labute approximate surface area is 171 Å². The van der Waals surface area contributed by atoms with Crippen molar-refractivity contribution in [3.05, 3.63) is 29.8 Å². The van der Waals surface area contributed by atoms with Gasteiger partial charge in [-0.25, -0.2) is 9.18 Å². The minimum absolute atomic E-state index is 0.112. The maximum absolute atomic E-state index is 14.1. The molecule has 4 rings (SSSR count). The second-order valence-corrected chi connectivity index (χ2v) is 7.63. The van der Waals surface area contributed by atoms with E-state index in [2.05, 4.69) is 26.2 Å². The number of benzene rings is 1. The summed E-state index contributed by atoms with van der Waals surface area (Å²) in [7, 11) is 0. The smallest absolute Gasteiger partial charge is 0.325 e. The van der Waals surface area contributed by atoms with E-state index in [4.69, 9.17) is 0 Å². The molecule has 2 aliphatic rings. The van der Waals surface area contributed by atoms with Gasteiger partial charge in [-0.3, -0.25) is 14.5 Å². The summed E-state index contributed by atoms with van der Waals surface area (Å²) in [4.78, 5) is 38.3. The average molecular weight is 415 g/mol. The number of urea groups is 1. The molecule has 1 aliphatic heterocycles. The number of aryl methyl sites for hydroxylation is 1. The van der Waals surface area contributed by atoms with E-state index < -0.39 is 11.4 Å². The number of carbonyl (C=O) groups excluding carboxylic acids is 3. The van der Waals surface area contributed by atoms with Gasteiger partial charge in [-0.1, -0.05) is 12.8 Å². The molecule has 0 bridgehead atoms. The van der Waals surface area contributed by atoms with E-state index in [1.807, 2.05) is 0 Å². The van der Waals surface area contributed by atoms with Crippen LogP contribution in [0.25, 0.3) is 5.69 Å². The van der Waals surface area contributed by atoms with Gasteiger partial charge in [0.2, 0.25) is 5.91 Å². The van der Waals surface area contributed by atoms with E-state index in [0.29, 0.717) is 30.8 Å². The number of hydrogen-bond donors (Lipinski definition) is 2. The minimum Gasteiger partial charge on any atom is -0.326 e. The number of tetrazole rings is 1. The van der Waals surface area contributed by atoms with Crippen molar-refractivity contribution in [3.8, 4) is 5.69 Å². The Morgan fingerprint density at radius 3 is 2.77 bits per heavy atom. The number of halogens is 1. The van der Waals surface area contributed by atoms with Crippen molar-refractivity contribution in [1.29, 1.82) is 0 Å². The van der Waals surface area contributed by atoms with Gasteiger partial charge >= 0.3 is 6.03 Å². The van der Waals surface area contributed by atoms with Crippen LogP contribution in [-0.4, -0.2) is 55.0 Å². The fourth-order valence-electron chi connectivity index (χ4n) is 4.02. The number of carbonyl (C=O) groups is 3. The van der Waals surface area contributed by atoms with Gasteiger partial charge in [0.15, 0.2) is 5.82 Å². The Morgan fingerprint density at radius 2 is 2.07 bits per heavy atom. The van der Waals surface area contributed by atoms with Crippen LogP contribution in [0.1, 0.15) is 44.3 Å². The highest BCUT2D eigenvalue weighted by Gasteiger charge is 2.52. The van der Waals surface area contributed by atoms with Crippen LogP contribution < -0.4 is 10.6 Å². The van der Waals surface area contributed by atoms with Gasteiger partial charge in [0, 0.05) is 18.7 Å². The molecule has 0 radical (unpaired) electrons. The highest BCUT2D eigenvalue weighted by molar-refractivity contribution is 6.07. The van der Waals surface area contributed by atoms with E-state index in [1.165, 1.54) is 27.8 Å². The summed E-state index contributed by atoms with van der Waals surface area (Å²) in [6, 6.07) is 3.72. The second kappa shape index (κ2) is 7.81. The zero-order chi connectivity index (χ0) is 21.3. The Hall–Kier alpha value is -3.37. The van der Waals surface area contributed by atoms with Gasteiger partial charge in [0.1, 0.15) is 17.0 Å². The number of amides is 4. The standard InChI is InChI=1S/C19H22FN7O3/c1-12-23-24-25-27(12)15-11-13(6-7-14(15)20)21-16(28)5-4-10-26-17(29)19(22-18(26)30)8-2-3-9-19/h6-7,11H,2-5,8-10H2,1H3,(H,21,28)(H,22,30). The summed E-state index contributed by atoms with van der Waals surface area (Å²) in [5.41, 5.74) is -0.222. The molecule has 2 heterocycles. The molecule has 11 heteroatoms. The summed E-state index contributed by atoms with van der Waals surface area (Å²) in [6.07, 6.45) is 3.63. The van der Waals surface area contributed by atoms with Gasteiger partial charge < -0.3 is 10.6 Å². The zero-order valence-electron chi connectivity index (χ0n) is 16.5. The summed E-state index contributed by atoms with van der Waals surface area (Å²) in [6.45, 7) is 1.81. The number of imide groups is 1. The SMILES string of the molecule is Cc1nnnn1-c1cc(NC(=O)CCCN2C(=O)NC3(CCCC3)C2=O)ccc1F. The molecular formula is C19H22FN7O3. The van der Waals surface area contributed by atoms with Crippen LogP contribution in [0.5, 0.6) is 0 Å². The zero-order valence-corrected chi connectivity index (χ0v) is 16.5. The number of nitrogens with zero attached hydrogens (tertiary/aromatic N) is 5. The molecule has 158 valence electrons. The highest BCUT2D eigenvalue weighted by Crippen LogP contribution is 2.35. The first-order valence-corrected chi connectivity index (χ1v) is 9.88. The van der Waals surface area contributed by atoms with Crippen LogP contribution in [0.4, 0.5) is 14.9 Å². The van der Waals surface area contributed by atoms with Crippen molar-refractivity contribution < 1.29 is 18.8 Å². The molecule has 1 aromatic carbocycles. The molecule has 30 heavy (non-hydrogen) atoms. The Morgan fingerprint density at radius 1 is 1.30 bits per heavy atom. The molecule has 4 amide bonds. The van der Waals surface area contributed by atoms with Crippen LogP contribution in [0, 0.1) is 12.7 Å². The molecule has 1 spiro atoms. The van der Waals surface area contributed by atoms with Crippen molar-refractivity contribution in [2.75, 3.05) is 11.9 Å². The number of rotatable bonds is 6. The van der Waals surface area contributed by atoms with E-state index in [-0.39, 0.29) is 36.5 Å². The van der Waals surface area contributed by atoms with E-state index in [9.17, 15) is 18.8 Å². The summed E-state index contributed by atoms with van der Waals surface area (Å²) >= 11 is 0. The lowest BCUT2D eigenvalue weighted by Crippen LogP contribution is -2.44.